The van der Waals surface area contributed by atoms with E-state index in [4.69, 9.17) is 5.73 Å². The molecule has 1 saturated heterocycles. The quantitative estimate of drug-likeness (QED) is 0.868. The Bertz CT molecular complexity index is 296. The highest BCUT2D eigenvalue weighted by atomic mass is 35.5. The van der Waals surface area contributed by atoms with Crippen molar-refractivity contribution in [2.24, 2.45) is 23.5 Å². The minimum Gasteiger partial charge on any atom is -0.339 e. The fourth-order valence-corrected chi connectivity index (χ4v) is 3.78. The normalized spacial score (nSPS) is 31.4. The molecule has 3 atom stereocenters. The Morgan fingerprint density at radius 2 is 1.95 bits per heavy atom. The monoisotopic (exact) mass is 288 g/mol. The molecule has 0 bridgehead atoms. The van der Waals surface area contributed by atoms with E-state index in [1.165, 1.54) is 25.7 Å². The van der Waals surface area contributed by atoms with Crippen LogP contribution in [-0.2, 0) is 4.79 Å². The summed E-state index contributed by atoms with van der Waals surface area (Å²) >= 11 is 0. The highest BCUT2D eigenvalue weighted by molar-refractivity contribution is 5.85. The minimum absolute atomic E-state index is 0. The average molecular weight is 289 g/mol. The summed E-state index contributed by atoms with van der Waals surface area (Å²) in [6.07, 6.45) is 7.02. The van der Waals surface area contributed by atoms with Crippen LogP contribution in [0, 0.1) is 17.8 Å². The maximum atomic E-state index is 12.8. The van der Waals surface area contributed by atoms with Gasteiger partial charge in [-0.15, -0.1) is 12.4 Å². The maximum Gasteiger partial charge on any atom is 0.226 e. The molecular weight excluding hydrogens is 260 g/mol. The molecule has 1 unspecified atom stereocenters. The first-order chi connectivity index (χ1) is 8.65. The van der Waals surface area contributed by atoms with Gasteiger partial charge in [-0.25, -0.2) is 0 Å². The largest absolute Gasteiger partial charge is 0.339 e. The van der Waals surface area contributed by atoms with E-state index in [-0.39, 0.29) is 18.3 Å². The second-order valence-electron chi connectivity index (χ2n) is 6.37. The van der Waals surface area contributed by atoms with E-state index in [1.807, 2.05) is 0 Å². The van der Waals surface area contributed by atoms with Crippen molar-refractivity contribution in [3.8, 4) is 0 Å². The van der Waals surface area contributed by atoms with Gasteiger partial charge in [0.25, 0.3) is 0 Å². The van der Waals surface area contributed by atoms with Crippen molar-refractivity contribution < 1.29 is 4.79 Å². The zero-order chi connectivity index (χ0) is 13.1. The number of nitrogens with zero attached hydrogens (tertiary/aromatic N) is 1. The molecule has 1 aliphatic heterocycles. The number of rotatable bonds is 3. The molecule has 19 heavy (non-hydrogen) atoms. The minimum atomic E-state index is 0. The molecule has 4 heteroatoms. The second-order valence-corrected chi connectivity index (χ2v) is 6.37. The molecule has 0 aromatic carbocycles. The molecule has 1 heterocycles. The molecule has 0 aromatic heterocycles. The van der Waals surface area contributed by atoms with E-state index in [0.717, 1.165) is 19.4 Å². The van der Waals surface area contributed by atoms with E-state index in [0.29, 0.717) is 30.3 Å². The van der Waals surface area contributed by atoms with Gasteiger partial charge in [0, 0.05) is 18.5 Å². The predicted octanol–water partition coefficient (Wildman–Crippen LogP) is 2.82. The summed E-state index contributed by atoms with van der Waals surface area (Å²) in [6.45, 7) is 6.13. The summed E-state index contributed by atoms with van der Waals surface area (Å²) in [7, 11) is 0. The van der Waals surface area contributed by atoms with Gasteiger partial charge in [-0.2, -0.15) is 0 Å². The van der Waals surface area contributed by atoms with Crippen LogP contribution in [-0.4, -0.2) is 29.9 Å². The van der Waals surface area contributed by atoms with Gasteiger partial charge in [0.2, 0.25) is 5.91 Å². The summed E-state index contributed by atoms with van der Waals surface area (Å²) in [4.78, 5) is 14.9. The third-order valence-electron chi connectivity index (χ3n) is 4.88. The van der Waals surface area contributed by atoms with Gasteiger partial charge < -0.3 is 10.6 Å². The summed E-state index contributed by atoms with van der Waals surface area (Å²) in [5.41, 5.74) is 5.82. The van der Waals surface area contributed by atoms with Crippen LogP contribution >= 0.6 is 12.4 Å². The van der Waals surface area contributed by atoms with Crippen molar-refractivity contribution in [2.45, 2.75) is 58.4 Å². The van der Waals surface area contributed by atoms with Gasteiger partial charge in [-0.1, -0.05) is 20.3 Å². The number of likely N-dealkylation sites (tertiary alicyclic amines) is 1. The van der Waals surface area contributed by atoms with E-state index in [2.05, 4.69) is 18.7 Å². The lowest BCUT2D eigenvalue weighted by molar-refractivity contribution is -0.141. The fourth-order valence-electron chi connectivity index (χ4n) is 3.78. The van der Waals surface area contributed by atoms with Crippen molar-refractivity contribution in [3.05, 3.63) is 0 Å². The standard InChI is InChI=1S/C15H28N2O.ClH/c1-11(2)14-8-3-4-9-17(14)15(18)13-7-5-6-12(13)10-16;/h11-14H,3-10,16H2,1-2H3;1H/t12-,13-,14?;/m1./s1. The lowest BCUT2D eigenvalue weighted by Crippen LogP contribution is -2.49. The van der Waals surface area contributed by atoms with Crippen LogP contribution in [0.3, 0.4) is 0 Å². The molecule has 0 radical (unpaired) electrons. The molecular formula is C15H29ClN2O. The SMILES string of the molecule is CC(C)C1CCCCN1C(=O)[C@@H]1CCC[C@@H]1CN.Cl. The number of piperidine rings is 1. The Morgan fingerprint density at radius 3 is 2.58 bits per heavy atom. The molecule has 2 N–H and O–H groups in total. The Kier molecular flexibility index (Phi) is 6.61. The predicted molar refractivity (Wildman–Crippen MR) is 81.3 cm³/mol. The zero-order valence-electron chi connectivity index (χ0n) is 12.3. The van der Waals surface area contributed by atoms with Gasteiger partial charge >= 0.3 is 0 Å². The Balaban J connectivity index is 0.00000180. The summed E-state index contributed by atoms with van der Waals surface area (Å²) in [5, 5.41) is 0. The Labute approximate surface area is 123 Å². The number of carbonyl (C=O) groups is 1. The number of halogens is 1. The summed E-state index contributed by atoms with van der Waals surface area (Å²) in [6, 6.07) is 0.463. The van der Waals surface area contributed by atoms with Crippen LogP contribution in [0.1, 0.15) is 52.4 Å². The van der Waals surface area contributed by atoms with Gasteiger partial charge in [0.05, 0.1) is 0 Å². The topological polar surface area (TPSA) is 46.3 Å². The van der Waals surface area contributed by atoms with Crippen LogP contribution < -0.4 is 5.73 Å². The molecule has 1 saturated carbocycles. The molecule has 0 spiro atoms. The van der Waals surface area contributed by atoms with Gasteiger partial charge in [-0.05, 0) is 50.5 Å². The molecule has 0 aromatic rings. The van der Waals surface area contributed by atoms with Crippen molar-refractivity contribution in [3.63, 3.8) is 0 Å². The molecule has 1 amide bonds. The smallest absolute Gasteiger partial charge is 0.226 e. The van der Waals surface area contributed by atoms with Crippen LogP contribution in [0.25, 0.3) is 0 Å². The van der Waals surface area contributed by atoms with E-state index < -0.39 is 0 Å². The molecule has 3 nitrogen and oxygen atoms in total. The number of hydrogen-bond acceptors (Lipinski definition) is 2. The molecule has 1 aliphatic carbocycles. The first-order valence-corrected chi connectivity index (χ1v) is 7.65. The molecule has 2 rings (SSSR count). The lowest BCUT2D eigenvalue weighted by Gasteiger charge is -2.40. The third-order valence-corrected chi connectivity index (χ3v) is 4.88. The first-order valence-electron chi connectivity index (χ1n) is 7.65. The molecule has 2 fully saturated rings. The van der Waals surface area contributed by atoms with E-state index in [1.54, 1.807) is 0 Å². The average Bonchev–Trinajstić information content (AvgIpc) is 2.86. The number of amides is 1. The maximum absolute atomic E-state index is 12.8. The van der Waals surface area contributed by atoms with Crippen molar-refractivity contribution in [2.75, 3.05) is 13.1 Å². The second kappa shape index (κ2) is 7.49. The number of hydrogen-bond donors (Lipinski definition) is 1. The van der Waals surface area contributed by atoms with Gasteiger partial charge in [-0.3, -0.25) is 4.79 Å². The van der Waals surface area contributed by atoms with Gasteiger partial charge in [0.1, 0.15) is 0 Å². The summed E-state index contributed by atoms with van der Waals surface area (Å²) in [5.74, 6) is 1.63. The lowest BCUT2D eigenvalue weighted by atomic mass is 9.88. The first kappa shape index (κ1) is 16.8. The van der Waals surface area contributed by atoms with E-state index in [9.17, 15) is 4.79 Å². The zero-order valence-corrected chi connectivity index (χ0v) is 13.1. The van der Waals surface area contributed by atoms with Gasteiger partial charge in [0.15, 0.2) is 0 Å². The van der Waals surface area contributed by atoms with Crippen LogP contribution in [0.15, 0.2) is 0 Å². The molecule has 112 valence electrons. The van der Waals surface area contributed by atoms with Crippen molar-refractivity contribution in [1.29, 1.82) is 0 Å². The molecule has 2 aliphatic rings. The fraction of sp³-hybridized carbons (Fsp3) is 0.933. The number of carbonyl (C=O) groups excluding carboxylic acids is 1. The van der Waals surface area contributed by atoms with Crippen LogP contribution in [0.4, 0.5) is 0 Å². The Hall–Kier alpha value is -0.280. The van der Waals surface area contributed by atoms with E-state index >= 15 is 0 Å². The van der Waals surface area contributed by atoms with Crippen molar-refractivity contribution >= 4 is 18.3 Å². The highest BCUT2D eigenvalue weighted by Gasteiger charge is 2.38. The van der Waals surface area contributed by atoms with Crippen LogP contribution in [0.5, 0.6) is 0 Å². The van der Waals surface area contributed by atoms with Crippen molar-refractivity contribution in [1.82, 2.24) is 4.90 Å². The summed E-state index contributed by atoms with van der Waals surface area (Å²) < 4.78 is 0. The third kappa shape index (κ3) is 3.63. The Morgan fingerprint density at radius 1 is 1.21 bits per heavy atom. The number of nitrogens with two attached hydrogens (primary N) is 1. The van der Waals surface area contributed by atoms with Crippen LogP contribution in [0.2, 0.25) is 0 Å². The highest BCUT2D eigenvalue weighted by Crippen LogP contribution is 2.35.